The second-order valence-corrected chi connectivity index (χ2v) is 7.13. The van der Waals surface area contributed by atoms with Gasteiger partial charge in [0.1, 0.15) is 0 Å². The van der Waals surface area contributed by atoms with Crippen molar-refractivity contribution >= 4 is 0 Å². The lowest BCUT2D eigenvalue weighted by Crippen LogP contribution is -2.62. The summed E-state index contributed by atoms with van der Waals surface area (Å²) >= 11 is 0. The van der Waals surface area contributed by atoms with Crippen molar-refractivity contribution in [2.24, 2.45) is 5.92 Å². The molecule has 0 fully saturated rings. The minimum atomic E-state index is -6.11. The molecule has 0 saturated carbocycles. The number of unbranched alkanes of at least 4 members (excludes halogenated alkanes) is 4. The first kappa shape index (κ1) is 25.4. The van der Waals surface area contributed by atoms with E-state index in [0.29, 0.717) is 19.3 Å². The van der Waals surface area contributed by atoms with Gasteiger partial charge >= 0.3 is 23.7 Å². The topological polar surface area (TPSA) is 0 Å². The third-order valence-electron chi connectivity index (χ3n) is 4.79. The first-order valence-corrected chi connectivity index (χ1v) is 9.28. The average Bonchev–Trinajstić information content (AvgIpc) is 2.53. The van der Waals surface area contributed by atoms with E-state index in [0.717, 1.165) is 6.42 Å². The number of halogens is 8. The zero-order valence-corrected chi connectivity index (χ0v) is 15.7. The van der Waals surface area contributed by atoms with Gasteiger partial charge in [-0.15, -0.1) is 0 Å². The molecule has 26 heavy (non-hydrogen) atoms. The summed E-state index contributed by atoms with van der Waals surface area (Å²) in [4.78, 5) is 0. The quantitative estimate of drug-likeness (QED) is 0.205. The summed E-state index contributed by atoms with van der Waals surface area (Å²) in [6.45, 7) is 5.33. The largest absolute Gasteiger partial charge is 0.378 e. The number of alkyl halides is 8. The Labute approximate surface area is 150 Å². The third-order valence-corrected chi connectivity index (χ3v) is 4.79. The number of hydrogen-bond donors (Lipinski definition) is 0. The van der Waals surface area contributed by atoms with Gasteiger partial charge in [0, 0.05) is 12.8 Å². The standard InChI is InChI=1S/C18H30F8/c1-4-6-7-8-9-12-15(19,20)17(23,24)18(25,26)16(21,22)13-10-11-14(3)5-2/h14H,4-13H2,1-3H3. The van der Waals surface area contributed by atoms with Gasteiger partial charge in [0.15, 0.2) is 0 Å². The highest BCUT2D eigenvalue weighted by Gasteiger charge is 2.79. The molecule has 0 aromatic rings. The molecule has 0 spiro atoms. The van der Waals surface area contributed by atoms with Crippen LogP contribution >= 0.6 is 0 Å². The van der Waals surface area contributed by atoms with Gasteiger partial charge in [0.2, 0.25) is 0 Å². The van der Waals surface area contributed by atoms with Crippen molar-refractivity contribution in [3.8, 4) is 0 Å². The molecular formula is C18H30F8. The van der Waals surface area contributed by atoms with Crippen LogP contribution in [0, 0.1) is 5.92 Å². The normalized spacial score (nSPS) is 15.3. The lowest BCUT2D eigenvalue weighted by Gasteiger charge is -2.37. The molecule has 8 heteroatoms. The highest BCUT2D eigenvalue weighted by atomic mass is 19.4. The van der Waals surface area contributed by atoms with Crippen molar-refractivity contribution in [1.29, 1.82) is 0 Å². The highest BCUT2D eigenvalue weighted by Crippen LogP contribution is 2.55. The lowest BCUT2D eigenvalue weighted by atomic mass is 9.91. The maximum Gasteiger partial charge on any atom is 0.378 e. The van der Waals surface area contributed by atoms with Gasteiger partial charge in [-0.3, -0.25) is 0 Å². The molecule has 0 saturated heterocycles. The number of rotatable bonds is 14. The average molecular weight is 398 g/mol. The Kier molecular flexibility index (Phi) is 9.89. The predicted molar refractivity (Wildman–Crippen MR) is 86.5 cm³/mol. The van der Waals surface area contributed by atoms with Crippen molar-refractivity contribution in [1.82, 2.24) is 0 Å². The van der Waals surface area contributed by atoms with Crippen LogP contribution in [0.4, 0.5) is 35.1 Å². The van der Waals surface area contributed by atoms with Crippen molar-refractivity contribution < 1.29 is 35.1 Å². The van der Waals surface area contributed by atoms with Gasteiger partial charge in [-0.1, -0.05) is 59.3 Å². The van der Waals surface area contributed by atoms with Crippen LogP contribution in [0.3, 0.4) is 0 Å². The van der Waals surface area contributed by atoms with Crippen LogP contribution in [-0.4, -0.2) is 23.7 Å². The van der Waals surface area contributed by atoms with Crippen molar-refractivity contribution in [3.05, 3.63) is 0 Å². The van der Waals surface area contributed by atoms with Gasteiger partial charge in [-0.05, 0) is 18.8 Å². The lowest BCUT2D eigenvalue weighted by molar-refractivity contribution is -0.368. The Morgan fingerprint density at radius 3 is 1.46 bits per heavy atom. The minimum absolute atomic E-state index is 0.0375. The maximum absolute atomic E-state index is 13.7. The van der Waals surface area contributed by atoms with Crippen LogP contribution in [0.2, 0.25) is 0 Å². The Balaban J connectivity index is 5.00. The molecule has 0 amide bonds. The number of hydrogen-bond acceptors (Lipinski definition) is 0. The smallest absolute Gasteiger partial charge is 0.200 e. The zero-order valence-electron chi connectivity index (χ0n) is 15.7. The van der Waals surface area contributed by atoms with E-state index in [-0.39, 0.29) is 18.8 Å². The molecule has 0 radical (unpaired) electrons. The summed E-state index contributed by atoms with van der Waals surface area (Å²) < 4.78 is 110. The molecule has 0 aliphatic heterocycles. The molecule has 0 bridgehead atoms. The molecule has 0 aromatic carbocycles. The Morgan fingerprint density at radius 1 is 0.615 bits per heavy atom. The Bertz CT molecular complexity index is 393. The zero-order chi connectivity index (χ0) is 20.6. The van der Waals surface area contributed by atoms with Crippen molar-refractivity contribution in [2.45, 2.75) is 109 Å². The van der Waals surface area contributed by atoms with Gasteiger partial charge in [-0.25, -0.2) is 0 Å². The third kappa shape index (κ3) is 6.25. The monoisotopic (exact) mass is 398 g/mol. The first-order chi connectivity index (χ1) is 11.8. The van der Waals surface area contributed by atoms with Gasteiger partial charge in [0.25, 0.3) is 0 Å². The van der Waals surface area contributed by atoms with E-state index in [2.05, 4.69) is 0 Å². The summed E-state index contributed by atoms with van der Waals surface area (Å²) in [6.07, 6.45) is -1.03. The first-order valence-electron chi connectivity index (χ1n) is 9.28. The maximum atomic E-state index is 13.7. The summed E-state index contributed by atoms with van der Waals surface area (Å²) in [5.74, 6) is -22.6. The van der Waals surface area contributed by atoms with Crippen LogP contribution in [0.1, 0.15) is 85.0 Å². The molecule has 0 heterocycles. The molecule has 1 unspecified atom stereocenters. The van der Waals surface area contributed by atoms with E-state index < -0.39 is 49.4 Å². The highest BCUT2D eigenvalue weighted by molar-refractivity contribution is 5.03. The summed E-state index contributed by atoms with van der Waals surface area (Å²) in [5.41, 5.74) is 0. The SMILES string of the molecule is CCCCCCCC(F)(F)C(F)(F)C(F)(F)C(F)(F)CCCC(C)CC. The molecule has 158 valence electrons. The molecule has 0 nitrogen and oxygen atoms in total. The molecule has 0 aliphatic rings. The van der Waals surface area contributed by atoms with Crippen LogP contribution < -0.4 is 0 Å². The molecule has 0 aromatic heterocycles. The Morgan fingerprint density at radius 2 is 1.04 bits per heavy atom. The predicted octanol–water partition coefficient (Wildman–Crippen LogP) is 8.10. The minimum Gasteiger partial charge on any atom is -0.200 e. The molecule has 0 aliphatic carbocycles. The fraction of sp³-hybridized carbons (Fsp3) is 1.00. The van der Waals surface area contributed by atoms with Gasteiger partial charge in [0.05, 0.1) is 0 Å². The van der Waals surface area contributed by atoms with Gasteiger partial charge in [-0.2, -0.15) is 35.1 Å². The van der Waals surface area contributed by atoms with Gasteiger partial charge < -0.3 is 0 Å². The Hall–Kier alpha value is -0.560. The molecule has 0 N–H and O–H groups in total. The molecular weight excluding hydrogens is 368 g/mol. The summed E-state index contributed by atoms with van der Waals surface area (Å²) in [7, 11) is 0. The van der Waals surface area contributed by atoms with E-state index in [1.165, 1.54) is 0 Å². The van der Waals surface area contributed by atoms with Crippen molar-refractivity contribution in [2.75, 3.05) is 0 Å². The van der Waals surface area contributed by atoms with Crippen LogP contribution in [0.25, 0.3) is 0 Å². The van der Waals surface area contributed by atoms with Crippen LogP contribution in [0.5, 0.6) is 0 Å². The summed E-state index contributed by atoms with van der Waals surface area (Å²) in [5, 5.41) is 0. The molecule has 1 atom stereocenters. The second-order valence-electron chi connectivity index (χ2n) is 7.13. The second kappa shape index (κ2) is 10.1. The van der Waals surface area contributed by atoms with E-state index in [1.807, 2.05) is 6.92 Å². The van der Waals surface area contributed by atoms with Crippen molar-refractivity contribution in [3.63, 3.8) is 0 Å². The fourth-order valence-corrected chi connectivity index (χ4v) is 2.60. The van der Waals surface area contributed by atoms with E-state index in [1.54, 1.807) is 13.8 Å². The van der Waals surface area contributed by atoms with Crippen LogP contribution in [0.15, 0.2) is 0 Å². The molecule has 0 rings (SSSR count). The van der Waals surface area contributed by atoms with E-state index in [9.17, 15) is 35.1 Å². The summed E-state index contributed by atoms with van der Waals surface area (Å²) in [6, 6.07) is 0. The van der Waals surface area contributed by atoms with E-state index in [4.69, 9.17) is 0 Å². The van der Waals surface area contributed by atoms with E-state index >= 15 is 0 Å². The fourth-order valence-electron chi connectivity index (χ4n) is 2.60. The van der Waals surface area contributed by atoms with Crippen LogP contribution in [-0.2, 0) is 0 Å².